The van der Waals surface area contributed by atoms with Crippen molar-refractivity contribution in [1.82, 2.24) is 19.5 Å². The number of nitrogens with zero attached hydrogens (tertiary/aromatic N) is 4. The Morgan fingerprint density at radius 3 is 2.30 bits per heavy atom. The van der Waals surface area contributed by atoms with Gasteiger partial charge in [-0.15, -0.1) is 40.4 Å². The van der Waals surface area contributed by atoms with Crippen molar-refractivity contribution in [2.45, 2.75) is 26.2 Å². The van der Waals surface area contributed by atoms with Gasteiger partial charge in [-0.3, -0.25) is 9.97 Å². The van der Waals surface area contributed by atoms with E-state index in [9.17, 15) is 0 Å². The van der Waals surface area contributed by atoms with Crippen LogP contribution in [0.5, 0.6) is 11.5 Å². The first kappa shape index (κ1) is 27.2. The van der Waals surface area contributed by atoms with Crippen LogP contribution in [0.2, 0.25) is 0 Å². The van der Waals surface area contributed by atoms with E-state index in [1.807, 2.05) is 48.8 Å². The molecule has 0 atom stereocenters. The van der Waals surface area contributed by atoms with Crippen molar-refractivity contribution in [2.24, 2.45) is 0 Å². The number of hydrogen-bond donors (Lipinski definition) is 0. The van der Waals surface area contributed by atoms with Gasteiger partial charge < -0.3 is 9.30 Å². The first-order valence-corrected chi connectivity index (χ1v) is 14.0. The van der Waals surface area contributed by atoms with Crippen molar-refractivity contribution in [3.05, 3.63) is 121 Å². The molecular formula is C37H26N4OPt. The number of rotatable bonds is 3. The Labute approximate surface area is 263 Å². The molecule has 43 heavy (non-hydrogen) atoms. The normalized spacial score (nSPS) is 11.9. The van der Waals surface area contributed by atoms with Gasteiger partial charge in [-0.05, 0) is 46.0 Å². The molecular weight excluding hydrogens is 712 g/mol. The zero-order chi connectivity index (χ0) is 28.4. The molecule has 8 rings (SSSR count). The average molecular weight is 738 g/mol. The number of benzene rings is 4. The van der Waals surface area contributed by atoms with Gasteiger partial charge in [0.2, 0.25) is 0 Å². The monoisotopic (exact) mass is 737 g/mol. The molecule has 0 aliphatic carbocycles. The molecule has 5 nitrogen and oxygen atoms in total. The van der Waals surface area contributed by atoms with Gasteiger partial charge in [-0.25, -0.2) is 4.98 Å². The summed E-state index contributed by atoms with van der Waals surface area (Å²) >= 11 is 0. The number of fused-ring (bicyclic) bond motifs is 8. The summed E-state index contributed by atoms with van der Waals surface area (Å²) in [5.74, 6) is 2.04. The van der Waals surface area contributed by atoms with Crippen LogP contribution in [0.4, 0.5) is 0 Å². The molecule has 4 heterocycles. The van der Waals surface area contributed by atoms with E-state index in [1.54, 1.807) is 12.4 Å². The third kappa shape index (κ3) is 4.56. The maximum Gasteiger partial charge on any atom is 2.00 e. The molecule has 8 aromatic rings. The van der Waals surface area contributed by atoms with Gasteiger partial charge in [0.15, 0.2) is 0 Å². The van der Waals surface area contributed by atoms with Gasteiger partial charge in [-0.1, -0.05) is 73.5 Å². The van der Waals surface area contributed by atoms with E-state index in [-0.39, 0.29) is 26.5 Å². The molecule has 0 unspecified atom stereocenters. The van der Waals surface area contributed by atoms with Crippen LogP contribution in [0.1, 0.15) is 26.3 Å². The molecule has 210 valence electrons. The van der Waals surface area contributed by atoms with Crippen LogP contribution in [0.25, 0.3) is 60.1 Å². The SMILES string of the molecule is CC(C)(C)c1cnc2c(ccc3ccc4ccc(Oc5[c-]c6c(cc5)c5cnccc5n6-c5ccccn5)[c-]c4c32)c1.[Pt+2]. The Bertz CT molecular complexity index is 2320. The fraction of sp³-hybridized carbons (Fsp3) is 0.108. The molecule has 0 radical (unpaired) electrons. The summed E-state index contributed by atoms with van der Waals surface area (Å²) in [6.45, 7) is 6.64. The van der Waals surface area contributed by atoms with Crippen LogP contribution in [0.3, 0.4) is 0 Å². The fourth-order valence-electron chi connectivity index (χ4n) is 5.77. The Morgan fingerprint density at radius 2 is 1.49 bits per heavy atom. The van der Waals surface area contributed by atoms with E-state index in [0.29, 0.717) is 11.5 Å². The molecule has 0 bridgehead atoms. The fourth-order valence-corrected chi connectivity index (χ4v) is 5.77. The Balaban J connectivity index is 0.00000300. The molecule has 4 aromatic heterocycles. The zero-order valence-corrected chi connectivity index (χ0v) is 26.1. The van der Waals surface area contributed by atoms with Gasteiger partial charge in [0, 0.05) is 47.3 Å². The first-order valence-electron chi connectivity index (χ1n) is 14.0. The smallest absolute Gasteiger partial charge is 0.503 e. The summed E-state index contributed by atoms with van der Waals surface area (Å²) in [7, 11) is 0. The van der Waals surface area contributed by atoms with Gasteiger partial charge in [0.25, 0.3) is 0 Å². The van der Waals surface area contributed by atoms with Crippen LogP contribution in [-0.2, 0) is 26.5 Å². The van der Waals surface area contributed by atoms with Crippen molar-refractivity contribution in [3.8, 4) is 17.3 Å². The van der Waals surface area contributed by atoms with E-state index in [1.165, 1.54) is 5.56 Å². The average Bonchev–Trinajstić information content (AvgIpc) is 3.34. The quantitative estimate of drug-likeness (QED) is 0.134. The van der Waals surface area contributed by atoms with E-state index >= 15 is 0 Å². The summed E-state index contributed by atoms with van der Waals surface area (Å²) in [4.78, 5) is 13.9. The number of pyridine rings is 3. The predicted molar refractivity (Wildman–Crippen MR) is 170 cm³/mol. The van der Waals surface area contributed by atoms with E-state index in [4.69, 9.17) is 9.72 Å². The second kappa shape index (κ2) is 10.3. The third-order valence-corrected chi connectivity index (χ3v) is 7.94. The summed E-state index contributed by atoms with van der Waals surface area (Å²) in [5, 5.41) is 7.49. The van der Waals surface area contributed by atoms with Crippen molar-refractivity contribution < 1.29 is 25.8 Å². The van der Waals surface area contributed by atoms with Gasteiger partial charge >= 0.3 is 21.1 Å². The number of hydrogen-bond acceptors (Lipinski definition) is 4. The van der Waals surface area contributed by atoms with E-state index in [0.717, 1.165) is 60.1 Å². The standard InChI is InChI=1S/C37H26N4O.Pt/c1-37(2,3)26-18-25-10-9-24-8-7-23-11-12-27(19-30(23)35(24)36(25)40-21-26)42-28-13-14-29-31-22-38-17-15-32(31)41(33(29)20-28)34-6-4-5-16-39-34;/h4-18,21-22H,1-3H3;/q-2;+2. The summed E-state index contributed by atoms with van der Waals surface area (Å²) < 4.78 is 8.52. The second-order valence-corrected chi connectivity index (χ2v) is 11.7. The molecule has 4 aromatic carbocycles. The van der Waals surface area contributed by atoms with E-state index in [2.05, 4.69) is 89.9 Å². The van der Waals surface area contributed by atoms with Crippen LogP contribution in [0, 0.1) is 12.1 Å². The minimum atomic E-state index is 0. The molecule has 0 aliphatic rings. The first-order chi connectivity index (χ1) is 20.4. The van der Waals surface area contributed by atoms with Crippen LogP contribution < -0.4 is 4.74 Å². The molecule has 0 saturated heterocycles. The molecule has 6 heteroatoms. The van der Waals surface area contributed by atoms with Gasteiger partial charge in [0.1, 0.15) is 5.82 Å². The Kier molecular flexibility index (Phi) is 6.52. The van der Waals surface area contributed by atoms with Crippen molar-refractivity contribution in [3.63, 3.8) is 0 Å². The Morgan fingerprint density at radius 1 is 0.721 bits per heavy atom. The number of ether oxygens (including phenoxy) is 1. The van der Waals surface area contributed by atoms with Crippen molar-refractivity contribution >= 4 is 54.3 Å². The summed E-state index contributed by atoms with van der Waals surface area (Å²) in [6, 6.07) is 33.9. The summed E-state index contributed by atoms with van der Waals surface area (Å²) in [5.41, 5.74) is 4.11. The molecule has 0 fully saturated rings. The summed E-state index contributed by atoms with van der Waals surface area (Å²) in [6.07, 6.45) is 7.48. The largest absolute Gasteiger partial charge is 2.00 e. The van der Waals surface area contributed by atoms with Crippen LogP contribution in [-0.4, -0.2) is 19.5 Å². The molecule has 0 N–H and O–H groups in total. The maximum atomic E-state index is 6.43. The Hall–Kier alpha value is -4.60. The number of aromatic nitrogens is 4. The zero-order valence-electron chi connectivity index (χ0n) is 23.8. The van der Waals surface area contributed by atoms with E-state index < -0.39 is 0 Å². The molecule has 0 spiro atoms. The van der Waals surface area contributed by atoms with Crippen LogP contribution in [0.15, 0.2) is 104 Å². The topological polar surface area (TPSA) is 52.8 Å². The molecule has 0 amide bonds. The van der Waals surface area contributed by atoms with Crippen LogP contribution >= 0.6 is 0 Å². The van der Waals surface area contributed by atoms with Crippen molar-refractivity contribution in [2.75, 3.05) is 0 Å². The predicted octanol–water partition coefficient (Wildman–Crippen LogP) is 9.12. The molecule has 0 aliphatic heterocycles. The van der Waals surface area contributed by atoms with Gasteiger partial charge in [-0.2, -0.15) is 6.07 Å². The molecule has 0 saturated carbocycles. The van der Waals surface area contributed by atoms with Crippen molar-refractivity contribution in [1.29, 1.82) is 0 Å². The minimum Gasteiger partial charge on any atom is -0.503 e. The minimum absolute atomic E-state index is 0. The second-order valence-electron chi connectivity index (χ2n) is 11.7. The third-order valence-electron chi connectivity index (χ3n) is 7.94. The maximum absolute atomic E-state index is 6.43. The van der Waals surface area contributed by atoms with Gasteiger partial charge in [0.05, 0.1) is 0 Å².